The molecule has 1 N–H and O–H groups in total. The summed E-state index contributed by atoms with van der Waals surface area (Å²) in [4.78, 5) is 27.0. The van der Waals surface area contributed by atoms with Gasteiger partial charge in [-0.3, -0.25) is 14.5 Å². The van der Waals surface area contributed by atoms with Crippen molar-refractivity contribution in [3.05, 3.63) is 106 Å². The van der Waals surface area contributed by atoms with Crippen LogP contribution in [0, 0.1) is 0 Å². The molecule has 3 aromatic carbocycles. The lowest BCUT2D eigenvalue weighted by molar-refractivity contribution is -0.141. The van der Waals surface area contributed by atoms with Crippen LogP contribution in [0.2, 0.25) is 10.0 Å². The lowest BCUT2D eigenvalue weighted by Crippen LogP contribution is -2.32. The first-order valence-electron chi connectivity index (χ1n) is 11.3. The van der Waals surface area contributed by atoms with E-state index >= 15 is 0 Å². The number of nitrogens with one attached hydrogen (secondary N) is 1. The molecule has 6 nitrogen and oxygen atoms in total. The molecule has 1 atom stereocenters. The predicted octanol–water partition coefficient (Wildman–Crippen LogP) is 7.22. The minimum Gasteiger partial charge on any atom is -0.322 e. The van der Waals surface area contributed by atoms with Gasteiger partial charge >= 0.3 is 6.18 Å². The predicted molar refractivity (Wildman–Crippen MR) is 141 cm³/mol. The van der Waals surface area contributed by atoms with Gasteiger partial charge in [-0.05, 0) is 67.1 Å². The number of nitrogens with zero attached hydrogens (tertiary/aromatic N) is 3. The first-order valence-corrected chi connectivity index (χ1v) is 12.1. The van der Waals surface area contributed by atoms with Crippen molar-refractivity contribution in [3.63, 3.8) is 0 Å². The minimum atomic E-state index is -4.71. The topological polar surface area (TPSA) is 67.2 Å². The van der Waals surface area contributed by atoms with E-state index in [2.05, 4.69) is 10.4 Å². The summed E-state index contributed by atoms with van der Waals surface area (Å²) in [6.07, 6.45) is -4.71. The van der Waals surface area contributed by atoms with Crippen LogP contribution in [0.15, 0.2) is 78.9 Å². The second-order valence-corrected chi connectivity index (χ2v) is 9.35. The Kier molecular flexibility index (Phi) is 7.80. The zero-order valence-corrected chi connectivity index (χ0v) is 21.6. The van der Waals surface area contributed by atoms with Gasteiger partial charge in [0.05, 0.1) is 11.6 Å². The third-order valence-electron chi connectivity index (χ3n) is 5.85. The van der Waals surface area contributed by atoms with Gasteiger partial charge in [-0.25, -0.2) is 4.68 Å². The lowest BCUT2D eigenvalue weighted by atomic mass is 9.98. The second-order valence-electron chi connectivity index (χ2n) is 8.48. The number of hydrogen-bond acceptors (Lipinski definition) is 3. The quantitative estimate of drug-likeness (QED) is 0.271. The first kappa shape index (κ1) is 27.2. The Balaban J connectivity index is 1.56. The van der Waals surface area contributed by atoms with Crippen molar-refractivity contribution in [1.29, 1.82) is 0 Å². The molecule has 0 radical (unpaired) electrons. The van der Waals surface area contributed by atoms with E-state index in [-0.39, 0.29) is 17.4 Å². The van der Waals surface area contributed by atoms with Crippen LogP contribution >= 0.6 is 23.2 Å². The zero-order chi connectivity index (χ0) is 27.6. The van der Waals surface area contributed by atoms with Gasteiger partial charge in [-0.2, -0.15) is 18.3 Å². The van der Waals surface area contributed by atoms with Gasteiger partial charge < -0.3 is 5.32 Å². The molecule has 1 aromatic heterocycles. The van der Waals surface area contributed by atoms with Gasteiger partial charge in [0.2, 0.25) is 5.91 Å². The number of rotatable bonds is 6. The molecule has 0 spiro atoms. The van der Waals surface area contributed by atoms with Crippen LogP contribution in [0.4, 0.5) is 24.7 Å². The van der Waals surface area contributed by atoms with Crippen molar-refractivity contribution in [1.82, 2.24) is 9.78 Å². The van der Waals surface area contributed by atoms with Crippen molar-refractivity contribution in [2.75, 3.05) is 17.3 Å². The molecule has 0 saturated carbocycles. The molecule has 0 aliphatic heterocycles. The highest BCUT2D eigenvalue weighted by atomic mass is 35.5. The molecule has 0 fully saturated rings. The van der Waals surface area contributed by atoms with E-state index in [4.69, 9.17) is 23.2 Å². The maximum absolute atomic E-state index is 13.5. The number of benzene rings is 3. The summed E-state index contributed by atoms with van der Waals surface area (Å²) in [6, 6.07) is 20.0. The summed E-state index contributed by atoms with van der Waals surface area (Å²) in [6.45, 7) is 1.63. The van der Waals surface area contributed by atoms with Crippen LogP contribution in [-0.2, 0) is 11.0 Å². The van der Waals surface area contributed by atoms with Gasteiger partial charge in [0.1, 0.15) is 5.82 Å². The molecule has 2 amide bonds. The van der Waals surface area contributed by atoms with Crippen LogP contribution in [-0.4, -0.2) is 28.6 Å². The monoisotopic (exact) mass is 560 g/mol. The molecule has 4 aromatic rings. The molecule has 1 heterocycles. The molecule has 196 valence electrons. The molecular weight excluding hydrogens is 540 g/mol. The van der Waals surface area contributed by atoms with E-state index in [9.17, 15) is 22.8 Å². The van der Waals surface area contributed by atoms with Gasteiger partial charge in [0.25, 0.3) is 5.91 Å². The van der Waals surface area contributed by atoms with E-state index in [1.807, 2.05) is 0 Å². The van der Waals surface area contributed by atoms with Crippen LogP contribution < -0.4 is 10.2 Å². The molecule has 11 heteroatoms. The molecule has 0 bridgehead atoms. The third kappa shape index (κ3) is 6.00. The van der Waals surface area contributed by atoms with E-state index in [1.54, 1.807) is 67.6 Å². The summed E-state index contributed by atoms with van der Waals surface area (Å²) in [5, 5.41) is 7.29. The SMILES string of the molecule is CC(C(=O)N(C)c1cc(C(F)(F)F)nn1-c1cccc(Cl)c1)c1ccc(C(=O)Nc2ccc(Cl)cc2)cc1. The average Bonchev–Trinajstić information content (AvgIpc) is 3.35. The van der Waals surface area contributed by atoms with Crippen molar-refractivity contribution >= 4 is 46.5 Å². The number of halogens is 5. The van der Waals surface area contributed by atoms with Crippen molar-refractivity contribution < 1.29 is 22.8 Å². The summed E-state index contributed by atoms with van der Waals surface area (Å²) in [5.74, 6) is -1.62. The molecule has 0 saturated heterocycles. The third-order valence-corrected chi connectivity index (χ3v) is 6.34. The number of likely N-dealkylation sites (N-methyl/N-ethyl adjacent to an activating group) is 1. The number of carbonyl (C=O) groups is 2. The van der Waals surface area contributed by atoms with Gasteiger partial charge in [0.15, 0.2) is 5.69 Å². The molecule has 0 aliphatic rings. The summed E-state index contributed by atoms with van der Waals surface area (Å²) < 4.78 is 41.5. The lowest BCUT2D eigenvalue weighted by Gasteiger charge is -2.22. The number of hydrogen-bond donors (Lipinski definition) is 1. The summed E-state index contributed by atoms with van der Waals surface area (Å²) >= 11 is 11.9. The van der Waals surface area contributed by atoms with E-state index in [1.165, 1.54) is 19.2 Å². The fourth-order valence-electron chi connectivity index (χ4n) is 3.75. The average molecular weight is 561 g/mol. The fraction of sp³-hybridized carbons (Fsp3) is 0.148. The van der Waals surface area contributed by atoms with Crippen molar-refractivity contribution in [3.8, 4) is 5.69 Å². The summed E-state index contributed by atoms with van der Waals surface area (Å²) in [5.41, 5.74) is 0.644. The smallest absolute Gasteiger partial charge is 0.322 e. The Morgan fingerprint density at radius 3 is 2.21 bits per heavy atom. The molecular formula is C27H21Cl2F3N4O2. The molecule has 38 heavy (non-hydrogen) atoms. The van der Waals surface area contributed by atoms with E-state index in [0.29, 0.717) is 26.9 Å². The van der Waals surface area contributed by atoms with Crippen LogP contribution in [0.5, 0.6) is 0 Å². The van der Waals surface area contributed by atoms with Crippen molar-refractivity contribution in [2.45, 2.75) is 19.0 Å². The number of amides is 2. The standard InChI is InChI=1S/C27H21Cl2F3N4O2/c1-16(17-6-8-18(9-7-17)25(37)33-21-12-10-19(28)11-13-21)26(38)35(2)24-15-23(27(30,31)32)34-36(24)22-5-3-4-20(29)14-22/h3-16H,1-2H3,(H,33,37). The number of carbonyl (C=O) groups excluding carboxylic acids is 2. The van der Waals surface area contributed by atoms with Crippen LogP contribution in [0.25, 0.3) is 5.69 Å². The normalized spacial score (nSPS) is 12.2. The van der Waals surface area contributed by atoms with E-state index in [0.717, 1.165) is 15.6 Å². The first-order chi connectivity index (χ1) is 17.9. The van der Waals surface area contributed by atoms with E-state index < -0.39 is 23.7 Å². The van der Waals surface area contributed by atoms with Crippen LogP contribution in [0.1, 0.15) is 34.5 Å². The van der Waals surface area contributed by atoms with Gasteiger partial charge in [0, 0.05) is 34.4 Å². The number of aromatic nitrogens is 2. The molecule has 1 unspecified atom stereocenters. The zero-order valence-electron chi connectivity index (χ0n) is 20.1. The Labute approximate surface area is 226 Å². The Bertz CT molecular complexity index is 1470. The highest BCUT2D eigenvalue weighted by Gasteiger charge is 2.36. The highest BCUT2D eigenvalue weighted by molar-refractivity contribution is 6.31. The number of anilines is 2. The fourth-order valence-corrected chi connectivity index (χ4v) is 4.06. The minimum absolute atomic E-state index is 0.0737. The Morgan fingerprint density at radius 2 is 1.61 bits per heavy atom. The molecule has 0 aliphatic carbocycles. The van der Waals surface area contributed by atoms with Gasteiger partial charge in [-0.1, -0.05) is 41.4 Å². The maximum Gasteiger partial charge on any atom is 0.435 e. The molecule has 4 rings (SSSR count). The maximum atomic E-state index is 13.5. The number of alkyl halides is 3. The second kappa shape index (κ2) is 10.9. The Morgan fingerprint density at radius 1 is 0.947 bits per heavy atom. The van der Waals surface area contributed by atoms with Crippen molar-refractivity contribution in [2.24, 2.45) is 0 Å². The van der Waals surface area contributed by atoms with Crippen LogP contribution in [0.3, 0.4) is 0 Å². The summed E-state index contributed by atoms with van der Waals surface area (Å²) in [7, 11) is 1.38. The largest absolute Gasteiger partial charge is 0.435 e. The highest BCUT2D eigenvalue weighted by Crippen LogP contribution is 2.33. The van der Waals surface area contributed by atoms with Gasteiger partial charge in [-0.15, -0.1) is 0 Å². The Hall–Kier alpha value is -3.82.